The summed E-state index contributed by atoms with van der Waals surface area (Å²) in [5, 5.41) is 8.24. The van der Waals surface area contributed by atoms with Crippen LogP contribution in [0.5, 0.6) is 0 Å². The number of carbonyl (C=O) groups excluding carboxylic acids is 2. The molecule has 6 heteroatoms. The molecule has 0 spiro atoms. The normalized spacial score (nSPS) is 18.6. The van der Waals surface area contributed by atoms with Crippen molar-refractivity contribution in [1.29, 1.82) is 0 Å². The van der Waals surface area contributed by atoms with E-state index in [4.69, 9.17) is 4.74 Å². The average molecular weight is 268 g/mol. The third kappa shape index (κ3) is 2.88. The maximum atomic E-state index is 11.9. The van der Waals surface area contributed by atoms with Gasteiger partial charge in [-0.3, -0.25) is 4.79 Å². The first-order chi connectivity index (χ1) is 8.72. The van der Waals surface area contributed by atoms with E-state index in [-0.39, 0.29) is 11.9 Å². The molecule has 5 nitrogen and oxygen atoms in total. The van der Waals surface area contributed by atoms with Crippen molar-refractivity contribution in [2.24, 2.45) is 0 Å². The van der Waals surface area contributed by atoms with Gasteiger partial charge < -0.3 is 15.4 Å². The van der Waals surface area contributed by atoms with E-state index in [1.54, 1.807) is 18.4 Å². The molecule has 0 saturated carbocycles. The van der Waals surface area contributed by atoms with Crippen LogP contribution in [0.15, 0.2) is 11.4 Å². The highest BCUT2D eigenvalue weighted by molar-refractivity contribution is 7.14. The summed E-state index contributed by atoms with van der Waals surface area (Å²) >= 11 is 1.33. The third-order valence-electron chi connectivity index (χ3n) is 2.77. The number of nitrogens with one attached hydrogen (secondary N) is 2. The van der Waals surface area contributed by atoms with Gasteiger partial charge in [-0.2, -0.15) is 0 Å². The van der Waals surface area contributed by atoms with Gasteiger partial charge in [0.05, 0.1) is 18.2 Å². The summed E-state index contributed by atoms with van der Waals surface area (Å²) < 4.78 is 4.93. The fourth-order valence-corrected chi connectivity index (χ4v) is 2.66. The van der Waals surface area contributed by atoms with Crippen molar-refractivity contribution in [3.63, 3.8) is 0 Å². The Morgan fingerprint density at radius 3 is 3.11 bits per heavy atom. The number of carbonyl (C=O) groups is 2. The van der Waals surface area contributed by atoms with Crippen molar-refractivity contribution in [1.82, 2.24) is 5.32 Å². The standard InChI is InChI=1S/C12H16N2O3S/c1-2-17-12(16)8-5-7-18-11(8)14-10(15)9-4-3-6-13-9/h5,7,9,13H,2-4,6H2,1H3,(H,14,15)/t9-/m1/s1. The number of rotatable bonds is 4. The summed E-state index contributed by atoms with van der Waals surface area (Å²) in [6.07, 6.45) is 1.85. The van der Waals surface area contributed by atoms with Crippen LogP contribution in [0.2, 0.25) is 0 Å². The van der Waals surface area contributed by atoms with Crippen LogP contribution in [-0.4, -0.2) is 31.1 Å². The lowest BCUT2D eigenvalue weighted by Crippen LogP contribution is -2.35. The first-order valence-corrected chi connectivity index (χ1v) is 6.89. The first kappa shape index (κ1) is 13.0. The molecule has 2 N–H and O–H groups in total. The lowest BCUT2D eigenvalue weighted by molar-refractivity contribution is -0.117. The topological polar surface area (TPSA) is 67.4 Å². The minimum absolute atomic E-state index is 0.0829. The van der Waals surface area contributed by atoms with Gasteiger partial charge in [-0.15, -0.1) is 11.3 Å². The zero-order valence-electron chi connectivity index (χ0n) is 10.2. The van der Waals surface area contributed by atoms with Gasteiger partial charge in [-0.1, -0.05) is 0 Å². The Labute approximate surface area is 110 Å². The molecule has 1 aliphatic rings. The van der Waals surface area contributed by atoms with Gasteiger partial charge in [-0.25, -0.2) is 4.79 Å². The summed E-state index contributed by atoms with van der Waals surface area (Å²) in [6.45, 7) is 2.95. The lowest BCUT2D eigenvalue weighted by Gasteiger charge is -2.10. The highest BCUT2D eigenvalue weighted by Gasteiger charge is 2.24. The molecule has 1 aliphatic heterocycles. The van der Waals surface area contributed by atoms with E-state index >= 15 is 0 Å². The van der Waals surface area contributed by atoms with Crippen LogP contribution in [-0.2, 0) is 9.53 Å². The Morgan fingerprint density at radius 2 is 2.44 bits per heavy atom. The first-order valence-electron chi connectivity index (χ1n) is 6.01. The van der Waals surface area contributed by atoms with Crippen molar-refractivity contribution in [2.75, 3.05) is 18.5 Å². The quantitative estimate of drug-likeness (QED) is 0.814. The number of amides is 1. The number of anilines is 1. The molecule has 2 rings (SSSR count). The molecular weight excluding hydrogens is 252 g/mol. The van der Waals surface area contributed by atoms with Gasteiger partial charge in [0.2, 0.25) is 5.91 Å². The Kier molecular flexibility index (Phi) is 4.33. The molecule has 0 radical (unpaired) electrons. The molecule has 0 aromatic carbocycles. The molecule has 1 aromatic heterocycles. The second-order valence-corrected chi connectivity index (χ2v) is 4.94. The van der Waals surface area contributed by atoms with Crippen LogP contribution in [0.25, 0.3) is 0 Å². The van der Waals surface area contributed by atoms with Gasteiger partial charge in [0.25, 0.3) is 0 Å². The van der Waals surface area contributed by atoms with E-state index in [0.29, 0.717) is 17.2 Å². The van der Waals surface area contributed by atoms with E-state index in [2.05, 4.69) is 10.6 Å². The number of thiophene rings is 1. The number of ether oxygens (including phenoxy) is 1. The average Bonchev–Trinajstić information content (AvgIpc) is 2.99. The summed E-state index contributed by atoms with van der Waals surface area (Å²) in [5.41, 5.74) is 0.424. The molecule has 2 heterocycles. The highest BCUT2D eigenvalue weighted by Crippen LogP contribution is 2.24. The smallest absolute Gasteiger partial charge is 0.341 e. The van der Waals surface area contributed by atoms with Crippen molar-refractivity contribution >= 4 is 28.2 Å². The monoisotopic (exact) mass is 268 g/mol. The summed E-state index contributed by atoms with van der Waals surface area (Å²) in [6, 6.07) is 1.52. The number of esters is 1. The maximum Gasteiger partial charge on any atom is 0.341 e. The Morgan fingerprint density at radius 1 is 1.61 bits per heavy atom. The van der Waals surface area contributed by atoms with E-state index in [0.717, 1.165) is 19.4 Å². The van der Waals surface area contributed by atoms with Crippen molar-refractivity contribution in [2.45, 2.75) is 25.8 Å². The third-order valence-corrected chi connectivity index (χ3v) is 3.60. The molecule has 0 aliphatic carbocycles. The fraction of sp³-hybridized carbons (Fsp3) is 0.500. The predicted molar refractivity (Wildman–Crippen MR) is 69.9 cm³/mol. The van der Waals surface area contributed by atoms with Crippen molar-refractivity contribution in [3.8, 4) is 0 Å². The molecule has 1 atom stereocenters. The SMILES string of the molecule is CCOC(=O)c1ccsc1NC(=O)[C@H]1CCCN1. The zero-order valence-corrected chi connectivity index (χ0v) is 11.0. The minimum atomic E-state index is -0.395. The Balaban J connectivity index is 2.02. The van der Waals surface area contributed by atoms with Gasteiger partial charge in [0.1, 0.15) is 5.00 Å². The van der Waals surface area contributed by atoms with Crippen LogP contribution >= 0.6 is 11.3 Å². The second kappa shape index (κ2) is 5.97. The zero-order chi connectivity index (χ0) is 13.0. The second-order valence-electron chi connectivity index (χ2n) is 4.02. The Bertz CT molecular complexity index is 438. The van der Waals surface area contributed by atoms with E-state index in [9.17, 15) is 9.59 Å². The van der Waals surface area contributed by atoms with Crippen LogP contribution in [0, 0.1) is 0 Å². The van der Waals surface area contributed by atoms with Gasteiger partial charge in [0, 0.05) is 0 Å². The summed E-state index contributed by atoms with van der Waals surface area (Å²) in [5.74, 6) is -0.478. The molecule has 0 bridgehead atoms. The molecule has 98 valence electrons. The van der Waals surface area contributed by atoms with Crippen LogP contribution < -0.4 is 10.6 Å². The van der Waals surface area contributed by atoms with Crippen molar-refractivity contribution in [3.05, 3.63) is 17.0 Å². The fourth-order valence-electron chi connectivity index (χ4n) is 1.88. The van der Waals surface area contributed by atoms with Gasteiger partial charge in [-0.05, 0) is 37.8 Å². The molecule has 18 heavy (non-hydrogen) atoms. The molecule has 1 saturated heterocycles. The number of hydrogen-bond donors (Lipinski definition) is 2. The lowest BCUT2D eigenvalue weighted by atomic mass is 10.2. The van der Waals surface area contributed by atoms with Crippen LogP contribution in [0.1, 0.15) is 30.1 Å². The summed E-state index contributed by atoms with van der Waals surface area (Å²) in [7, 11) is 0. The molecule has 1 fully saturated rings. The van der Waals surface area contributed by atoms with Gasteiger partial charge >= 0.3 is 5.97 Å². The number of hydrogen-bond acceptors (Lipinski definition) is 5. The van der Waals surface area contributed by atoms with E-state index in [1.807, 2.05) is 0 Å². The maximum absolute atomic E-state index is 11.9. The van der Waals surface area contributed by atoms with E-state index in [1.165, 1.54) is 11.3 Å². The van der Waals surface area contributed by atoms with E-state index < -0.39 is 5.97 Å². The van der Waals surface area contributed by atoms with Crippen molar-refractivity contribution < 1.29 is 14.3 Å². The molecule has 0 unspecified atom stereocenters. The van der Waals surface area contributed by atoms with Crippen LogP contribution in [0.4, 0.5) is 5.00 Å². The molecule has 1 amide bonds. The molecular formula is C12H16N2O3S. The minimum Gasteiger partial charge on any atom is -0.462 e. The highest BCUT2D eigenvalue weighted by atomic mass is 32.1. The van der Waals surface area contributed by atoms with Crippen LogP contribution in [0.3, 0.4) is 0 Å². The largest absolute Gasteiger partial charge is 0.462 e. The van der Waals surface area contributed by atoms with Gasteiger partial charge in [0.15, 0.2) is 0 Å². The Hall–Kier alpha value is -1.40. The summed E-state index contributed by atoms with van der Waals surface area (Å²) in [4.78, 5) is 23.6. The predicted octanol–water partition coefficient (Wildman–Crippen LogP) is 1.62. The molecule has 1 aromatic rings.